The molecule has 138 valence electrons. The zero-order chi connectivity index (χ0) is 19.1. The van der Waals surface area contributed by atoms with E-state index in [2.05, 4.69) is 35.5 Å². The predicted molar refractivity (Wildman–Crippen MR) is 110 cm³/mol. The number of benzene rings is 2. The van der Waals surface area contributed by atoms with Gasteiger partial charge in [-0.2, -0.15) is 0 Å². The molecule has 0 saturated heterocycles. The predicted octanol–water partition coefficient (Wildman–Crippen LogP) is 5.49. The number of aliphatic imine (C=N–C) groups is 1. The van der Waals surface area contributed by atoms with Crippen molar-refractivity contribution in [1.82, 2.24) is 4.57 Å². The van der Waals surface area contributed by atoms with Crippen molar-refractivity contribution < 1.29 is 9.90 Å². The maximum atomic E-state index is 11.2. The Bertz CT molecular complexity index is 1060. The maximum absolute atomic E-state index is 11.2. The normalized spacial score (nSPS) is 12.9. The lowest BCUT2D eigenvalue weighted by Crippen LogP contribution is -2.09. The Balaban J connectivity index is 2.03. The van der Waals surface area contributed by atoms with Gasteiger partial charge in [-0.25, -0.2) is 0 Å². The van der Waals surface area contributed by atoms with Gasteiger partial charge in [0, 0.05) is 39.9 Å². The highest BCUT2D eigenvalue weighted by Gasteiger charge is 2.23. The van der Waals surface area contributed by atoms with Crippen molar-refractivity contribution in [1.29, 1.82) is 0 Å². The molecule has 3 aromatic rings. The molecule has 0 saturated carbocycles. The van der Waals surface area contributed by atoms with Gasteiger partial charge in [0.1, 0.15) is 0 Å². The smallest absolute Gasteiger partial charge is 0.305 e. The number of fused-ring (bicyclic) bond motifs is 2. The van der Waals surface area contributed by atoms with Gasteiger partial charge in [0.25, 0.3) is 0 Å². The number of aryl methyl sites for hydroxylation is 1. The van der Waals surface area contributed by atoms with Crippen LogP contribution in [0.1, 0.15) is 43.0 Å². The number of aromatic nitrogens is 1. The Labute approximate surface area is 163 Å². The molecule has 0 amide bonds. The van der Waals surface area contributed by atoms with Crippen molar-refractivity contribution >= 4 is 34.7 Å². The summed E-state index contributed by atoms with van der Waals surface area (Å²) in [5, 5.41) is 11.1. The monoisotopic (exact) mass is 380 g/mol. The van der Waals surface area contributed by atoms with Gasteiger partial charge in [0.2, 0.25) is 0 Å². The maximum Gasteiger partial charge on any atom is 0.305 e. The van der Waals surface area contributed by atoms with Crippen LogP contribution in [0.4, 0.5) is 0 Å². The number of nitrogens with zero attached hydrogens (tertiary/aromatic N) is 2. The average molecular weight is 381 g/mol. The summed E-state index contributed by atoms with van der Waals surface area (Å²) >= 11 is 6.10. The van der Waals surface area contributed by atoms with Crippen LogP contribution in [0.15, 0.2) is 41.4 Å². The molecule has 1 N–H and O–H groups in total. The third kappa shape index (κ3) is 3.15. The zero-order valence-corrected chi connectivity index (χ0v) is 16.1. The molecular formula is C22H21ClN2O2. The van der Waals surface area contributed by atoms with Crippen LogP contribution in [0, 0.1) is 0 Å². The molecule has 0 spiro atoms. The molecule has 4 rings (SSSR count). The van der Waals surface area contributed by atoms with Crippen LogP contribution in [-0.4, -0.2) is 21.9 Å². The summed E-state index contributed by atoms with van der Waals surface area (Å²) in [7, 11) is 0. The van der Waals surface area contributed by atoms with Crippen LogP contribution >= 0.6 is 11.6 Å². The van der Waals surface area contributed by atoms with Crippen LogP contribution in [0.2, 0.25) is 5.02 Å². The summed E-state index contributed by atoms with van der Waals surface area (Å²) in [5.41, 5.74) is 6.82. The van der Waals surface area contributed by atoms with Crippen LogP contribution in [-0.2, 0) is 17.9 Å². The van der Waals surface area contributed by atoms with Gasteiger partial charge in [-0.3, -0.25) is 9.79 Å². The standard InChI is InChI=1S/C22H21ClN2O2/c1-13(2)22-21(14-3-5-17(23)6-4-14)18-9-15-11-24-12-16(15)10-19(18)25(22)8-7-20(26)27/h3-6,9-11,13H,7-8,12H2,1-2H3,(H,26,27). The van der Waals surface area contributed by atoms with E-state index in [1.165, 1.54) is 5.56 Å². The molecule has 27 heavy (non-hydrogen) atoms. The lowest BCUT2D eigenvalue weighted by atomic mass is 9.95. The first-order valence-corrected chi connectivity index (χ1v) is 9.50. The molecular weight excluding hydrogens is 360 g/mol. The first kappa shape index (κ1) is 17.8. The number of aliphatic carboxylic acids is 1. The lowest BCUT2D eigenvalue weighted by Gasteiger charge is -2.15. The van der Waals surface area contributed by atoms with Gasteiger partial charge in [-0.15, -0.1) is 0 Å². The molecule has 5 heteroatoms. The molecule has 0 aliphatic carbocycles. The molecule has 0 bridgehead atoms. The molecule has 0 fully saturated rings. The Hall–Kier alpha value is -2.59. The molecule has 0 atom stereocenters. The van der Waals surface area contributed by atoms with Gasteiger partial charge in [-0.1, -0.05) is 37.6 Å². The largest absolute Gasteiger partial charge is 0.481 e. The molecule has 1 aromatic heterocycles. The minimum absolute atomic E-state index is 0.0944. The molecule has 4 nitrogen and oxygen atoms in total. The van der Waals surface area contributed by atoms with E-state index in [9.17, 15) is 9.90 Å². The number of hydrogen-bond donors (Lipinski definition) is 1. The summed E-state index contributed by atoms with van der Waals surface area (Å²) < 4.78 is 2.18. The van der Waals surface area contributed by atoms with Crippen molar-refractivity contribution in [2.24, 2.45) is 4.99 Å². The fourth-order valence-electron chi connectivity index (χ4n) is 3.94. The SMILES string of the molecule is CC(C)c1c(-c2ccc(Cl)cc2)c2cc3c(cc2n1CCC(=O)O)CN=C3. The number of carboxylic acids is 1. The van der Waals surface area contributed by atoms with Crippen molar-refractivity contribution in [3.8, 4) is 11.1 Å². The Morgan fingerprint density at radius 3 is 2.67 bits per heavy atom. The third-order valence-corrected chi connectivity index (χ3v) is 5.34. The lowest BCUT2D eigenvalue weighted by molar-refractivity contribution is -0.137. The van der Waals surface area contributed by atoms with E-state index in [1.54, 1.807) is 0 Å². The van der Waals surface area contributed by atoms with E-state index in [0.717, 1.165) is 33.3 Å². The van der Waals surface area contributed by atoms with Crippen molar-refractivity contribution in [2.45, 2.75) is 39.3 Å². The summed E-state index contributed by atoms with van der Waals surface area (Å²) in [4.78, 5) is 15.6. The number of carbonyl (C=O) groups is 1. The van der Waals surface area contributed by atoms with Gasteiger partial charge in [-0.05, 0) is 46.9 Å². The van der Waals surface area contributed by atoms with Crippen molar-refractivity contribution in [3.63, 3.8) is 0 Å². The summed E-state index contributed by atoms with van der Waals surface area (Å²) in [5.74, 6) is -0.538. The summed E-state index contributed by atoms with van der Waals surface area (Å²) in [6.45, 7) is 5.44. The van der Waals surface area contributed by atoms with E-state index in [-0.39, 0.29) is 12.3 Å². The second kappa shape index (κ2) is 6.86. The van der Waals surface area contributed by atoms with E-state index < -0.39 is 5.97 Å². The Morgan fingerprint density at radius 2 is 2.00 bits per heavy atom. The molecule has 2 heterocycles. The number of hydrogen-bond acceptors (Lipinski definition) is 2. The highest BCUT2D eigenvalue weighted by Crippen LogP contribution is 2.40. The summed E-state index contributed by atoms with van der Waals surface area (Å²) in [6, 6.07) is 12.2. The van der Waals surface area contributed by atoms with Gasteiger partial charge >= 0.3 is 5.97 Å². The third-order valence-electron chi connectivity index (χ3n) is 5.09. The minimum atomic E-state index is -0.788. The quantitative estimate of drug-likeness (QED) is 0.636. The van der Waals surface area contributed by atoms with Gasteiger partial charge < -0.3 is 9.67 Å². The number of carboxylic acid groups (broad SMARTS) is 1. The van der Waals surface area contributed by atoms with E-state index in [4.69, 9.17) is 11.6 Å². The molecule has 2 aromatic carbocycles. The van der Waals surface area contributed by atoms with E-state index in [1.807, 2.05) is 30.5 Å². The number of halogens is 1. The first-order valence-electron chi connectivity index (χ1n) is 9.12. The van der Waals surface area contributed by atoms with Gasteiger partial charge in [0.15, 0.2) is 0 Å². The van der Waals surface area contributed by atoms with E-state index in [0.29, 0.717) is 18.1 Å². The molecule has 0 unspecified atom stereocenters. The van der Waals surface area contributed by atoms with Crippen molar-refractivity contribution in [3.05, 3.63) is 58.2 Å². The average Bonchev–Trinajstić information content (AvgIpc) is 3.20. The molecule has 0 radical (unpaired) electrons. The van der Waals surface area contributed by atoms with E-state index >= 15 is 0 Å². The zero-order valence-electron chi connectivity index (χ0n) is 15.4. The minimum Gasteiger partial charge on any atom is -0.481 e. The van der Waals surface area contributed by atoms with Gasteiger partial charge in [0.05, 0.1) is 13.0 Å². The van der Waals surface area contributed by atoms with Crippen LogP contribution in [0.3, 0.4) is 0 Å². The topological polar surface area (TPSA) is 54.6 Å². The fraction of sp³-hybridized carbons (Fsp3) is 0.273. The van der Waals surface area contributed by atoms with Crippen LogP contribution in [0.5, 0.6) is 0 Å². The first-order chi connectivity index (χ1) is 13.0. The van der Waals surface area contributed by atoms with Crippen LogP contribution in [0.25, 0.3) is 22.0 Å². The Kier molecular flexibility index (Phi) is 4.52. The second-order valence-corrected chi connectivity index (χ2v) is 7.69. The second-order valence-electron chi connectivity index (χ2n) is 7.26. The number of rotatable bonds is 5. The summed E-state index contributed by atoms with van der Waals surface area (Å²) in [6.07, 6.45) is 2.02. The highest BCUT2D eigenvalue weighted by molar-refractivity contribution is 6.30. The Morgan fingerprint density at radius 1 is 1.26 bits per heavy atom. The van der Waals surface area contributed by atoms with Crippen LogP contribution < -0.4 is 0 Å². The molecule has 1 aliphatic rings. The fourth-order valence-corrected chi connectivity index (χ4v) is 4.07. The van der Waals surface area contributed by atoms with Crippen molar-refractivity contribution in [2.75, 3.05) is 0 Å². The molecule has 1 aliphatic heterocycles. The highest BCUT2D eigenvalue weighted by atomic mass is 35.5.